The summed E-state index contributed by atoms with van der Waals surface area (Å²) in [5.41, 5.74) is -4.53. The first-order chi connectivity index (χ1) is 9.62. The zero-order valence-corrected chi connectivity index (χ0v) is 11.5. The van der Waals surface area contributed by atoms with Gasteiger partial charge in [0.15, 0.2) is 0 Å². The Balaban J connectivity index is 1.84. The largest absolute Gasteiger partial charge is 0.524 e. The number of hydroxylamine groups is 2. The second-order valence-corrected chi connectivity index (χ2v) is 7.15. The number of nitrogens with zero attached hydrogens (tertiary/aromatic N) is 1. The van der Waals surface area contributed by atoms with Gasteiger partial charge in [0.25, 0.3) is 0 Å². The molecule has 21 heavy (non-hydrogen) atoms. The Labute approximate surface area is 118 Å². The van der Waals surface area contributed by atoms with Crippen molar-refractivity contribution in [2.45, 2.75) is 37.2 Å². The molecule has 3 aliphatic rings. The number of allylic oxidation sites excluding steroid dienone is 2. The topological polar surface area (TPSA) is 87.1 Å². The molecule has 3 rings (SSSR count). The highest BCUT2D eigenvalue weighted by Gasteiger charge is 2.58. The maximum absolute atomic E-state index is 12.3. The second kappa shape index (κ2) is 4.66. The van der Waals surface area contributed by atoms with E-state index in [1.165, 1.54) is 0 Å². The van der Waals surface area contributed by atoms with Crippen LogP contribution in [0.3, 0.4) is 0 Å². The van der Waals surface area contributed by atoms with Crippen LogP contribution in [-0.4, -0.2) is 41.7 Å². The van der Waals surface area contributed by atoms with Crippen LogP contribution in [0.15, 0.2) is 11.6 Å². The molecule has 2 aliphatic carbocycles. The first kappa shape index (κ1) is 15.2. The molecule has 1 heterocycles. The van der Waals surface area contributed by atoms with Gasteiger partial charge in [-0.25, -0.2) is 0 Å². The van der Waals surface area contributed by atoms with E-state index in [9.17, 15) is 31.8 Å². The summed E-state index contributed by atoms with van der Waals surface area (Å²) >= 11 is 0. The van der Waals surface area contributed by atoms with Crippen LogP contribution < -0.4 is 0 Å². The molecule has 10 heteroatoms. The molecule has 6 nitrogen and oxygen atoms in total. The van der Waals surface area contributed by atoms with Crippen molar-refractivity contribution in [2.75, 3.05) is 0 Å². The Morgan fingerprint density at radius 3 is 2.57 bits per heavy atom. The Kier molecular flexibility index (Phi) is 3.38. The molecule has 2 N–H and O–H groups in total. The number of hydrogen-bond donors (Lipinski definition) is 2. The van der Waals surface area contributed by atoms with Gasteiger partial charge in [-0.15, -0.1) is 5.06 Å². The fourth-order valence-electron chi connectivity index (χ4n) is 3.56. The predicted molar refractivity (Wildman–Crippen MR) is 62.3 cm³/mol. The SMILES string of the molecule is O=S(=O)(ON1C(O)C2CC3=CC(CC3)C2C1O)C(F)(F)F. The molecule has 5 atom stereocenters. The summed E-state index contributed by atoms with van der Waals surface area (Å²) in [6.07, 6.45) is 0.748. The zero-order chi connectivity index (χ0) is 15.6. The van der Waals surface area contributed by atoms with Crippen LogP contribution in [0.4, 0.5) is 13.2 Å². The number of aliphatic hydroxyl groups is 2. The molecule has 0 aromatic carbocycles. The molecule has 0 saturated carbocycles. The number of rotatable bonds is 2. The van der Waals surface area contributed by atoms with Crippen LogP contribution in [0.2, 0.25) is 0 Å². The molecule has 1 aliphatic heterocycles. The lowest BCUT2D eigenvalue weighted by molar-refractivity contribution is -0.228. The minimum absolute atomic E-state index is 0.0782. The lowest BCUT2D eigenvalue weighted by atomic mass is 9.77. The smallest absolute Gasteiger partial charge is 0.376 e. The van der Waals surface area contributed by atoms with Gasteiger partial charge in [0.1, 0.15) is 12.5 Å². The first-order valence-corrected chi connectivity index (χ1v) is 7.87. The van der Waals surface area contributed by atoms with Crippen molar-refractivity contribution in [3.63, 3.8) is 0 Å². The highest BCUT2D eigenvalue weighted by Crippen LogP contribution is 2.51. The standard InChI is InChI=1S/C11H14F3NO5S/c12-11(13,14)21(18,19)20-15-9(16)7-4-5-1-2-6(3-5)8(7)10(15)17/h3,6-10,16-17H,1-2,4H2. The van der Waals surface area contributed by atoms with Crippen LogP contribution >= 0.6 is 0 Å². The lowest BCUT2D eigenvalue weighted by Crippen LogP contribution is -2.43. The highest BCUT2D eigenvalue weighted by atomic mass is 32.2. The zero-order valence-electron chi connectivity index (χ0n) is 10.7. The molecule has 0 amide bonds. The van der Waals surface area contributed by atoms with Crippen LogP contribution in [0.5, 0.6) is 0 Å². The first-order valence-electron chi connectivity index (χ1n) is 6.47. The van der Waals surface area contributed by atoms with E-state index < -0.39 is 39.9 Å². The van der Waals surface area contributed by atoms with Gasteiger partial charge in [0.2, 0.25) is 0 Å². The number of halogens is 3. The summed E-state index contributed by atoms with van der Waals surface area (Å²) in [5.74, 6) is -1.14. The fraction of sp³-hybridized carbons (Fsp3) is 0.818. The van der Waals surface area contributed by atoms with Crippen molar-refractivity contribution in [3.05, 3.63) is 11.6 Å². The number of alkyl halides is 3. The maximum atomic E-state index is 12.3. The van der Waals surface area contributed by atoms with Crippen molar-refractivity contribution >= 4 is 10.1 Å². The Bertz CT molecular complexity index is 575. The third kappa shape index (κ3) is 2.29. The minimum atomic E-state index is -5.91. The Morgan fingerprint density at radius 2 is 1.95 bits per heavy atom. The quantitative estimate of drug-likeness (QED) is 0.573. The van der Waals surface area contributed by atoms with Gasteiger partial charge >= 0.3 is 15.6 Å². The van der Waals surface area contributed by atoms with Crippen LogP contribution in [-0.2, 0) is 14.4 Å². The van der Waals surface area contributed by atoms with Crippen molar-refractivity contribution < 1.29 is 36.1 Å². The third-order valence-electron chi connectivity index (χ3n) is 4.45. The monoisotopic (exact) mass is 329 g/mol. The van der Waals surface area contributed by atoms with Crippen molar-refractivity contribution in [1.29, 1.82) is 0 Å². The minimum Gasteiger partial charge on any atom is -0.376 e. The summed E-state index contributed by atoms with van der Waals surface area (Å²) in [7, 11) is -5.91. The average molecular weight is 329 g/mol. The third-order valence-corrected chi connectivity index (χ3v) is 5.39. The molecule has 0 aromatic heterocycles. The van der Waals surface area contributed by atoms with Gasteiger partial charge in [-0.1, -0.05) is 11.6 Å². The lowest BCUT2D eigenvalue weighted by Gasteiger charge is -2.28. The Hall–Kier alpha value is -0.680. The van der Waals surface area contributed by atoms with E-state index in [4.69, 9.17) is 0 Å². The van der Waals surface area contributed by atoms with E-state index in [1.807, 2.05) is 6.08 Å². The molecular formula is C11H14F3NO5S. The summed E-state index contributed by atoms with van der Waals surface area (Å²) in [6, 6.07) is 0. The van der Waals surface area contributed by atoms with Gasteiger partial charge in [0.05, 0.1) is 0 Å². The summed E-state index contributed by atoms with van der Waals surface area (Å²) < 4.78 is 63.1. The molecule has 5 unspecified atom stereocenters. The van der Waals surface area contributed by atoms with E-state index >= 15 is 0 Å². The second-order valence-electron chi connectivity index (χ2n) is 5.63. The normalized spacial score (nSPS) is 40.2. The van der Waals surface area contributed by atoms with Crippen LogP contribution in [0.25, 0.3) is 0 Å². The average Bonchev–Trinajstić information content (AvgIpc) is 2.84. The molecule has 0 spiro atoms. The van der Waals surface area contributed by atoms with Gasteiger partial charge in [0, 0.05) is 11.8 Å². The summed E-state index contributed by atoms with van der Waals surface area (Å²) in [5, 5.41) is 20.3. The van der Waals surface area contributed by atoms with E-state index in [0.717, 1.165) is 18.4 Å². The number of aliphatic hydroxyl groups excluding tert-OH is 2. The summed E-state index contributed by atoms with van der Waals surface area (Å²) in [6.45, 7) is 0. The number of fused-ring (bicyclic) bond motifs is 3. The van der Waals surface area contributed by atoms with E-state index in [1.54, 1.807) is 0 Å². The summed E-state index contributed by atoms with van der Waals surface area (Å²) in [4.78, 5) is 0. The maximum Gasteiger partial charge on any atom is 0.524 e. The van der Waals surface area contributed by atoms with Gasteiger partial charge in [-0.3, -0.25) is 0 Å². The molecule has 1 saturated heterocycles. The molecule has 1 fully saturated rings. The van der Waals surface area contributed by atoms with Crippen molar-refractivity contribution in [3.8, 4) is 0 Å². The number of hydrogen-bond acceptors (Lipinski definition) is 6. The molecule has 2 bridgehead atoms. The molecule has 0 aromatic rings. The van der Waals surface area contributed by atoms with Crippen LogP contribution in [0, 0.1) is 17.8 Å². The van der Waals surface area contributed by atoms with E-state index in [0.29, 0.717) is 6.42 Å². The van der Waals surface area contributed by atoms with Crippen LogP contribution in [0.1, 0.15) is 19.3 Å². The van der Waals surface area contributed by atoms with E-state index in [-0.39, 0.29) is 11.0 Å². The van der Waals surface area contributed by atoms with Crippen molar-refractivity contribution in [1.82, 2.24) is 5.06 Å². The molecule has 120 valence electrons. The predicted octanol–water partition coefficient (Wildman–Crippen LogP) is 0.693. The van der Waals surface area contributed by atoms with Gasteiger partial charge < -0.3 is 10.2 Å². The van der Waals surface area contributed by atoms with Gasteiger partial charge in [-0.2, -0.15) is 25.9 Å². The molecule has 0 radical (unpaired) electrons. The van der Waals surface area contributed by atoms with Gasteiger partial charge in [-0.05, 0) is 25.2 Å². The Morgan fingerprint density at radius 1 is 1.29 bits per heavy atom. The van der Waals surface area contributed by atoms with E-state index in [2.05, 4.69) is 4.28 Å². The highest BCUT2D eigenvalue weighted by molar-refractivity contribution is 7.87. The van der Waals surface area contributed by atoms with Crippen molar-refractivity contribution in [2.24, 2.45) is 17.8 Å². The molecular weight excluding hydrogens is 315 g/mol. The fourth-order valence-corrected chi connectivity index (χ4v) is 4.04.